The lowest BCUT2D eigenvalue weighted by Crippen LogP contribution is -2.05. The maximum absolute atomic E-state index is 10.8. The van der Waals surface area contributed by atoms with Crippen molar-refractivity contribution in [3.63, 3.8) is 0 Å². The van der Waals surface area contributed by atoms with Crippen LogP contribution in [0.1, 0.15) is 11.5 Å². The Balaban J connectivity index is 2.49. The number of carboxylic acids is 1. The number of benzene rings is 1. The average Bonchev–Trinajstić information content (AvgIpc) is 2.37. The van der Waals surface area contributed by atoms with Gasteiger partial charge in [-0.2, -0.15) is 0 Å². The zero-order valence-electron chi connectivity index (χ0n) is 10.8. The Morgan fingerprint density at radius 3 is 2.74 bits per heavy atom. The molecule has 0 aliphatic rings. The van der Waals surface area contributed by atoms with Crippen LogP contribution < -0.4 is 4.74 Å². The number of methoxy groups -OCH3 is 1. The Morgan fingerprint density at radius 2 is 2.05 bits per heavy atom. The lowest BCUT2D eigenvalue weighted by atomic mass is 10.1. The molecule has 0 saturated carbocycles. The first-order valence-corrected chi connectivity index (χ1v) is 5.80. The van der Waals surface area contributed by atoms with Gasteiger partial charge in [0.1, 0.15) is 11.6 Å². The van der Waals surface area contributed by atoms with Gasteiger partial charge in [0.05, 0.1) is 24.9 Å². The van der Waals surface area contributed by atoms with Gasteiger partial charge >= 0.3 is 5.97 Å². The van der Waals surface area contributed by atoms with Crippen LogP contribution >= 0.6 is 0 Å². The van der Waals surface area contributed by atoms with Crippen molar-refractivity contribution in [3.05, 3.63) is 41.9 Å². The highest BCUT2D eigenvalue weighted by Gasteiger charge is 2.10. The van der Waals surface area contributed by atoms with E-state index in [1.807, 2.05) is 24.3 Å². The number of aryl methyl sites for hydroxylation is 1. The first-order chi connectivity index (χ1) is 9.10. The molecule has 2 aromatic rings. The van der Waals surface area contributed by atoms with E-state index in [9.17, 15) is 4.79 Å². The summed E-state index contributed by atoms with van der Waals surface area (Å²) in [6.07, 6.45) is -0.120. The van der Waals surface area contributed by atoms with Crippen LogP contribution in [0, 0.1) is 6.92 Å². The number of aromatic nitrogens is 2. The summed E-state index contributed by atoms with van der Waals surface area (Å²) < 4.78 is 5.28. The van der Waals surface area contributed by atoms with Crippen molar-refractivity contribution in [1.29, 1.82) is 0 Å². The minimum Gasteiger partial charge on any atom is -0.496 e. The van der Waals surface area contributed by atoms with Gasteiger partial charge in [0.15, 0.2) is 0 Å². The number of para-hydroxylation sites is 1. The highest BCUT2D eigenvalue weighted by atomic mass is 16.5. The maximum Gasteiger partial charge on any atom is 0.309 e. The van der Waals surface area contributed by atoms with Gasteiger partial charge in [0, 0.05) is 5.56 Å². The first kappa shape index (κ1) is 13.0. The van der Waals surface area contributed by atoms with Gasteiger partial charge in [-0.15, -0.1) is 0 Å². The molecular weight excluding hydrogens is 244 g/mol. The second kappa shape index (κ2) is 5.48. The van der Waals surface area contributed by atoms with Gasteiger partial charge in [0.2, 0.25) is 0 Å². The molecule has 19 heavy (non-hydrogen) atoms. The lowest BCUT2D eigenvalue weighted by Gasteiger charge is -2.09. The van der Waals surface area contributed by atoms with E-state index >= 15 is 0 Å². The highest BCUT2D eigenvalue weighted by Crippen LogP contribution is 2.28. The summed E-state index contributed by atoms with van der Waals surface area (Å²) in [7, 11) is 1.59. The molecule has 0 aliphatic carbocycles. The van der Waals surface area contributed by atoms with Gasteiger partial charge < -0.3 is 9.84 Å². The third-order valence-corrected chi connectivity index (χ3v) is 2.61. The number of hydrogen-bond donors (Lipinski definition) is 1. The number of carbonyl (C=O) groups is 1. The Labute approximate surface area is 110 Å². The smallest absolute Gasteiger partial charge is 0.309 e. The molecule has 0 saturated heterocycles. The minimum atomic E-state index is -0.913. The van der Waals surface area contributed by atoms with E-state index in [1.54, 1.807) is 20.1 Å². The molecule has 5 nitrogen and oxygen atoms in total. The molecule has 1 heterocycles. The van der Waals surface area contributed by atoms with Crippen molar-refractivity contribution in [3.8, 4) is 17.0 Å². The van der Waals surface area contributed by atoms with Crippen molar-refractivity contribution in [2.24, 2.45) is 0 Å². The molecule has 0 aliphatic heterocycles. The summed E-state index contributed by atoms with van der Waals surface area (Å²) in [6, 6.07) is 9.15. The molecule has 0 radical (unpaired) electrons. The monoisotopic (exact) mass is 258 g/mol. The molecular formula is C14H14N2O3. The van der Waals surface area contributed by atoms with Crippen LogP contribution in [0.25, 0.3) is 11.3 Å². The van der Waals surface area contributed by atoms with E-state index in [0.717, 1.165) is 5.56 Å². The predicted molar refractivity (Wildman–Crippen MR) is 70.1 cm³/mol. The molecule has 1 aromatic carbocycles. The zero-order chi connectivity index (χ0) is 13.8. The van der Waals surface area contributed by atoms with Crippen molar-refractivity contribution < 1.29 is 14.6 Å². The van der Waals surface area contributed by atoms with Crippen LogP contribution in [-0.4, -0.2) is 28.2 Å². The Morgan fingerprint density at radius 1 is 1.32 bits per heavy atom. The van der Waals surface area contributed by atoms with Crippen molar-refractivity contribution in [2.45, 2.75) is 13.3 Å². The summed E-state index contributed by atoms with van der Waals surface area (Å²) in [4.78, 5) is 19.2. The molecule has 1 aromatic heterocycles. The van der Waals surface area contributed by atoms with Crippen LogP contribution in [0.3, 0.4) is 0 Å². The quantitative estimate of drug-likeness (QED) is 0.909. The number of rotatable bonds is 4. The zero-order valence-corrected chi connectivity index (χ0v) is 10.8. The number of ether oxygens (including phenoxy) is 1. The normalized spacial score (nSPS) is 10.2. The first-order valence-electron chi connectivity index (χ1n) is 5.80. The fourth-order valence-electron chi connectivity index (χ4n) is 1.87. The summed E-state index contributed by atoms with van der Waals surface area (Å²) in [5, 5.41) is 8.83. The maximum atomic E-state index is 10.8. The topological polar surface area (TPSA) is 72.3 Å². The third kappa shape index (κ3) is 3.07. The number of carboxylic acid groups (broad SMARTS) is 1. The average molecular weight is 258 g/mol. The van der Waals surface area contributed by atoms with Gasteiger partial charge in [-0.25, -0.2) is 9.97 Å². The molecule has 2 rings (SSSR count). The Kier molecular flexibility index (Phi) is 3.75. The van der Waals surface area contributed by atoms with Gasteiger partial charge in [-0.05, 0) is 25.1 Å². The van der Waals surface area contributed by atoms with Crippen molar-refractivity contribution in [2.75, 3.05) is 7.11 Å². The van der Waals surface area contributed by atoms with E-state index in [2.05, 4.69) is 9.97 Å². The number of aliphatic carboxylic acids is 1. The third-order valence-electron chi connectivity index (χ3n) is 2.61. The standard InChI is InChI=1S/C14H14N2O3/c1-9-15-10(8-14(17)18)7-12(16-9)11-5-3-4-6-13(11)19-2/h3-7H,8H2,1-2H3,(H,17,18). The van der Waals surface area contributed by atoms with Crippen molar-refractivity contribution in [1.82, 2.24) is 9.97 Å². The number of hydrogen-bond acceptors (Lipinski definition) is 4. The van der Waals surface area contributed by atoms with Crippen LogP contribution in [0.5, 0.6) is 5.75 Å². The summed E-state index contributed by atoms with van der Waals surface area (Å²) in [6.45, 7) is 1.74. The van der Waals surface area contributed by atoms with E-state index in [-0.39, 0.29) is 6.42 Å². The van der Waals surface area contributed by atoms with E-state index in [1.165, 1.54) is 0 Å². The van der Waals surface area contributed by atoms with Crippen LogP contribution in [0.2, 0.25) is 0 Å². The van der Waals surface area contributed by atoms with Crippen LogP contribution in [0.15, 0.2) is 30.3 Å². The molecule has 0 amide bonds. The van der Waals surface area contributed by atoms with E-state index in [4.69, 9.17) is 9.84 Å². The van der Waals surface area contributed by atoms with Gasteiger partial charge in [-0.1, -0.05) is 12.1 Å². The molecule has 98 valence electrons. The lowest BCUT2D eigenvalue weighted by molar-refractivity contribution is -0.136. The minimum absolute atomic E-state index is 0.120. The Bertz CT molecular complexity index is 611. The van der Waals surface area contributed by atoms with Gasteiger partial charge in [0.25, 0.3) is 0 Å². The second-order valence-electron chi connectivity index (χ2n) is 4.06. The molecule has 5 heteroatoms. The fourth-order valence-corrected chi connectivity index (χ4v) is 1.87. The van der Waals surface area contributed by atoms with E-state index in [0.29, 0.717) is 23.0 Å². The SMILES string of the molecule is COc1ccccc1-c1cc(CC(=O)O)nc(C)n1. The predicted octanol–water partition coefficient (Wildman–Crippen LogP) is 2.09. The second-order valence-corrected chi connectivity index (χ2v) is 4.06. The highest BCUT2D eigenvalue weighted by molar-refractivity contribution is 5.71. The molecule has 0 spiro atoms. The van der Waals surface area contributed by atoms with Crippen LogP contribution in [0.4, 0.5) is 0 Å². The summed E-state index contributed by atoms with van der Waals surface area (Å²) in [5.41, 5.74) is 1.98. The Hall–Kier alpha value is -2.43. The molecule has 0 atom stereocenters. The molecule has 0 bridgehead atoms. The molecule has 1 N–H and O–H groups in total. The molecule has 0 fully saturated rings. The van der Waals surface area contributed by atoms with Crippen molar-refractivity contribution >= 4 is 5.97 Å². The van der Waals surface area contributed by atoms with E-state index < -0.39 is 5.97 Å². The summed E-state index contributed by atoms with van der Waals surface area (Å²) >= 11 is 0. The summed E-state index contributed by atoms with van der Waals surface area (Å²) in [5.74, 6) is 0.325. The molecule has 0 unspecified atom stereocenters. The van der Waals surface area contributed by atoms with Gasteiger partial charge in [-0.3, -0.25) is 4.79 Å². The largest absolute Gasteiger partial charge is 0.496 e. The van der Waals surface area contributed by atoms with Crippen LogP contribution in [-0.2, 0) is 11.2 Å². The number of nitrogens with zero attached hydrogens (tertiary/aromatic N) is 2. The fraction of sp³-hybridized carbons (Fsp3) is 0.214.